The minimum absolute atomic E-state index is 0.0701. The second-order valence-electron chi connectivity index (χ2n) is 6.05. The maximum atomic E-state index is 11.9. The summed E-state index contributed by atoms with van der Waals surface area (Å²) >= 11 is 6.12. The van der Waals surface area contributed by atoms with Crippen molar-refractivity contribution in [3.05, 3.63) is 82.9 Å². The molecule has 0 bridgehead atoms. The summed E-state index contributed by atoms with van der Waals surface area (Å²) in [5.74, 6) is 1.28. The minimum Gasteiger partial charge on any atom is -0.508 e. The Bertz CT molecular complexity index is 966. The van der Waals surface area contributed by atoms with Gasteiger partial charge < -0.3 is 14.6 Å². The molecule has 0 amide bonds. The van der Waals surface area contributed by atoms with Gasteiger partial charge >= 0.3 is 5.97 Å². The third kappa shape index (κ3) is 3.24. The summed E-state index contributed by atoms with van der Waals surface area (Å²) in [6, 6.07) is 19.7. The summed E-state index contributed by atoms with van der Waals surface area (Å²) in [5.41, 5.74) is 1.85. The Labute approximate surface area is 155 Å². The molecule has 1 heterocycles. The normalized spacial score (nSPS) is 15.9. The molecule has 4 rings (SSSR count). The molecule has 1 N–H and O–H groups in total. The molecular formula is C21H15ClO4. The van der Waals surface area contributed by atoms with E-state index >= 15 is 0 Å². The number of para-hydroxylation sites is 1. The van der Waals surface area contributed by atoms with Crippen LogP contribution in [0.2, 0.25) is 5.02 Å². The molecule has 0 spiro atoms. The molecule has 0 fully saturated rings. The summed E-state index contributed by atoms with van der Waals surface area (Å²) in [5, 5.41) is 10.2. The lowest BCUT2D eigenvalue weighted by Crippen LogP contribution is -2.20. The van der Waals surface area contributed by atoms with Gasteiger partial charge in [-0.1, -0.05) is 41.9 Å². The van der Waals surface area contributed by atoms with E-state index in [-0.39, 0.29) is 24.1 Å². The highest BCUT2D eigenvalue weighted by molar-refractivity contribution is 6.32. The van der Waals surface area contributed by atoms with Gasteiger partial charge in [-0.25, -0.2) is 0 Å². The third-order valence-electron chi connectivity index (χ3n) is 4.31. The van der Waals surface area contributed by atoms with Crippen LogP contribution in [0, 0.1) is 0 Å². The van der Waals surface area contributed by atoms with Crippen molar-refractivity contribution in [3.8, 4) is 23.0 Å². The number of halogens is 1. The molecule has 5 heteroatoms. The van der Waals surface area contributed by atoms with Gasteiger partial charge in [-0.15, -0.1) is 0 Å². The van der Waals surface area contributed by atoms with Crippen molar-refractivity contribution in [2.24, 2.45) is 0 Å². The standard InChI is InChI=1S/C21H15ClO4/c22-18-3-1-2-4-19(18)25-15-8-5-13(6-9-15)17-12-21(24)26-20-11-14(23)7-10-16(17)20/h1-11,17,23H,12H2. The zero-order chi connectivity index (χ0) is 18.1. The van der Waals surface area contributed by atoms with Crippen LogP contribution in [0.25, 0.3) is 0 Å². The van der Waals surface area contributed by atoms with Gasteiger partial charge in [0.1, 0.15) is 23.0 Å². The highest BCUT2D eigenvalue weighted by Gasteiger charge is 2.28. The van der Waals surface area contributed by atoms with Crippen LogP contribution in [0.5, 0.6) is 23.0 Å². The number of benzene rings is 3. The molecule has 0 saturated heterocycles. The van der Waals surface area contributed by atoms with Crippen molar-refractivity contribution in [2.75, 3.05) is 0 Å². The molecule has 0 aliphatic carbocycles. The van der Waals surface area contributed by atoms with Crippen LogP contribution in [0.1, 0.15) is 23.5 Å². The van der Waals surface area contributed by atoms with E-state index in [0.29, 0.717) is 22.3 Å². The number of phenolic OH excluding ortho intramolecular Hbond substituents is 1. The number of rotatable bonds is 3. The SMILES string of the molecule is O=C1CC(c2ccc(Oc3ccccc3Cl)cc2)c2ccc(O)cc2O1. The maximum absolute atomic E-state index is 11.9. The number of hydrogen-bond donors (Lipinski definition) is 1. The van der Waals surface area contributed by atoms with Crippen molar-refractivity contribution in [3.63, 3.8) is 0 Å². The zero-order valence-electron chi connectivity index (χ0n) is 13.7. The van der Waals surface area contributed by atoms with E-state index in [1.807, 2.05) is 36.4 Å². The van der Waals surface area contributed by atoms with E-state index in [4.69, 9.17) is 21.1 Å². The zero-order valence-corrected chi connectivity index (χ0v) is 14.4. The van der Waals surface area contributed by atoms with E-state index in [1.54, 1.807) is 24.3 Å². The van der Waals surface area contributed by atoms with Gasteiger partial charge in [0.05, 0.1) is 11.4 Å². The highest BCUT2D eigenvalue weighted by atomic mass is 35.5. The van der Waals surface area contributed by atoms with Gasteiger partial charge in [-0.2, -0.15) is 0 Å². The topological polar surface area (TPSA) is 55.8 Å². The van der Waals surface area contributed by atoms with E-state index < -0.39 is 0 Å². The molecule has 3 aromatic rings. The second-order valence-corrected chi connectivity index (χ2v) is 6.46. The molecule has 1 unspecified atom stereocenters. The predicted molar refractivity (Wildman–Crippen MR) is 98.2 cm³/mol. The van der Waals surface area contributed by atoms with Gasteiger partial charge in [-0.3, -0.25) is 4.79 Å². The largest absolute Gasteiger partial charge is 0.508 e. The lowest BCUT2D eigenvalue weighted by Gasteiger charge is -2.25. The summed E-state index contributed by atoms with van der Waals surface area (Å²) in [7, 11) is 0. The number of phenols is 1. The molecule has 3 aromatic carbocycles. The molecule has 26 heavy (non-hydrogen) atoms. The number of carbonyl (C=O) groups is 1. The first-order chi connectivity index (χ1) is 12.6. The summed E-state index contributed by atoms with van der Waals surface area (Å²) < 4.78 is 11.0. The predicted octanol–water partition coefficient (Wildman–Crippen LogP) is 5.28. The van der Waals surface area contributed by atoms with E-state index in [2.05, 4.69) is 0 Å². The summed E-state index contributed by atoms with van der Waals surface area (Å²) in [6.07, 6.45) is 0.252. The van der Waals surface area contributed by atoms with E-state index in [1.165, 1.54) is 6.07 Å². The van der Waals surface area contributed by atoms with Gasteiger partial charge in [0.2, 0.25) is 0 Å². The molecule has 1 atom stereocenters. The Morgan fingerprint density at radius 1 is 1.04 bits per heavy atom. The fourth-order valence-electron chi connectivity index (χ4n) is 3.06. The van der Waals surface area contributed by atoms with Crippen LogP contribution in [-0.2, 0) is 4.79 Å². The quantitative estimate of drug-likeness (QED) is 0.506. The second kappa shape index (κ2) is 6.73. The molecule has 1 aliphatic heterocycles. The van der Waals surface area contributed by atoms with Crippen LogP contribution >= 0.6 is 11.6 Å². The number of hydrogen-bond acceptors (Lipinski definition) is 4. The van der Waals surface area contributed by atoms with Crippen LogP contribution in [-0.4, -0.2) is 11.1 Å². The average Bonchev–Trinajstić information content (AvgIpc) is 2.63. The molecule has 4 nitrogen and oxygen atoms in total. The Kier molecular flexibility index (Phi) is 4.27. The van der Waals surface area contributed by atoms with Crippen molar-refractivity contribution >= 4 is 17.6 Å². The molecule has 0 aromatic heterocycles. The monoisotopic (exact) mass is 366 g/mol. The van der Waals surface area contributed by atoms with Crippen LogP contribution < -0.4 is 9.47 Å². The van der Waals surface area contributed by atoms with Crippen molar-refractivity contribution < 1.29 is 19.4 Å². The first kappa shape index (κ1) is 16.5. The summed E-state index contributed by atoms with van der Waals surface area (Å²) in [4.78, 5) is 11.9. The number of fused-ring (bicyclic) bond motifs is 1. The Hall–Kier alpha value is -2.98. The maximum Gasteiger partial charge on any atom is 0.312 e. The Morgan fingerprint density at radius 2 is 1.81 bits per heavy atom. The van der Waals surface area contributed by atoms with Crippen LogP contribution in [0.4, 0.5) is 0 Å². The first-order valence-corrected chi connectivity index (χ1v) is 8.54. The fraction of sp³-hybridized carbons (Fsp3) is 0.0952. The third-order valence-corrected chi connectivity index (χ3v) is 4.63. The van der Waals surface area contributed by atoms with Gasteiger partial charge in [-0.05, 0) is 35.9 Å². The lowest BCUT2D eigenvalue weighted by atomic mass is 9.86. The number of esters is 1. The van der Waals surface area contributed by atoms with Crippen molar-refractivity contribution in [1.29, 1.82) is 0 Å². The Balaban J connectivity index is 1.61. The van der Waals surface area contributed by atoms with Crippen molar-refractivity contribution in [2.45, 2.75) is 12.3 Å². The van der Waals surface area contributed by atoms with E-state index in [0.717, 1.165) is 11.1 Å². The van der Waals surface area contributed by atoms with Gasteiger partial charge in [0.25, 0.3) is 0 Å². The van der Waals surface area contributed by atoms with Crippen molar-refractivity contribution in [1.82, 2.24) is 0 Å². The van der Waals surface area contributed by atoms with Crippen LogP contribution in [0.3, 0.4) is 0 Å². The number of ether oxygens (including phenoxy) is 2. The molecule has 130 valence electrons. The molecule has 0 saturated carbocycles. The lowest BCUT2D eigenvalue weighted by molar-refractivity contribution is -0.135. The smallest absolute Gasteiger partial charge is 0.312 e. The molecular weight excluding hydrogens is 352 g/mol. The number of aromatic hydroxyl groups is 1. The van der Waals surface area contributed by atoms with E-state index in [9.17, 15) is 9.90 Å². The molecule has 1 aliphatic rings. The van der Waals surface area contributed by atoms with Gasteiger partial charge in [0, 0.05) is 17.5 Å². The summed E-state index contributed by atoms with van der Waals surface area (Å²) in [6.45, 7) is 0. The molecule has 0 radical (unpaired) electrons. The minimum atomic E-state index is -0.315. The average molecular weight is 367 g/mol. The van der Waals surface area contributed by atoms with Crippen LogP contribution in [0.15, 0.2) is 66.7 Å². The highest BCUT2D eigenvalue weighted by Crippen LogP contribution is 2.40. The first-order valence-electron chi connectivity index (χ1n) is 8.16. The number of carbonyl (C=O) groups excluding carboxylic acids is 1. The fourth-order valence-corrected chi connectivity index (χ4v) is 3.23. The Morgan fingerprint density at radius 3 is 2.58 bits per heavy atom. The van der Waals surface area contributed by atoms with Gasteiger partial charge in [0.15, 0.2) is 0 Å².